The molecule has 1 aliphatic rings. The minimum absolute atomic E-state index is 0. The average molecular weight is 456 g/mol. The predicted octanol–water partition coefficient (Wildman–Crippen LogP) is 4.54. The van der Waals surface area contributed by atoms with Crippen LogP contribution in [-0.4, -0.2) is 29.1 Å². The Labute approximate surface area is 171 Å². The van der Waals surface area contributed by atoms with Gasteiger partial charge in [-0.3, -0.25) is 10.1 Å². The number of hydrogen-bond donors (Lipinski definition) is 2. The number of hydrogen-bond acceptors (Lipinski definition) is 4. The first-order valence-electron chi connectivity index (χ1n) is 8.46. The maximum atomic E-state index is 11.7. The van der Waals surface area contributed by atoms with Crippen LogP contribution in [0.1, 0.15) is 45.8 Å². The van der Waals surface area contributed by atoms with Crippen molar-refractivity contribution in [1.29, 1.82) is 0 Å². The van der Waals surface area contributed by atoms with Crippen LogP contribution in [0.15, 0.2) is 40.9 Å². The topological polar surface area (TPSA) is 92.5 Å². The smallest absolute Gasteiger partial charge is 0.342 e. The number of nitro benzene ring substituents is 1. The van der Waals surface area contributed by atoms with Crippen molar-refractivity contribution in [2.24, 2.45) is 0 Å². The van der Waals surface area contributed by atoms with E-state index in [4.69, 9.17) is 0 Å². The van der Waals surface area contributed by atoms with Gasteiger partial charge >= 0.3 is 5.97 Å². The number of carboxylic acid groups (broad SMARTS) is 1. The molecule has 144 valence electrons. The molecule has 1 heterocycles. The van der Waals surface area contributed by atoms with Gasteiger partial charge in [0.05, 0.1) is 4.92 Å². The van der Waals surface area contributed by atoms with Crippen molar-refractivity contribution < 1.29 is 14.8 Å². The van der Waals surface area contributed by atoms with E-state index in [1.807, 2.05) is 30.3 Å². The third kappa shape index (κ3) is 4.66. The fraction of sp³-hybridized carbons (Fsp3) is 0.316. The van der Waals surface area contributed by atoms with E-state index in [0.717, 1.165) is 37.1 Å². The van der Waals surface area contributed by atoms with Crippen LogP contribution >= 0.6 is 28.3 Å². The summed E-state index contributed by atoms with van der Waals surface area (Å²) in [7, 11) is 0. The lowest BCUT2D eigenvalue weighted by Gasteiger charge is -2.25. The molecule has 0 spiro atoms. The molecular formula is C19H20BrClN2O4. The van der Waals surface area contributed by atoms with Crippen molar-refractivity contribution in [3.63, 3.8) is 0 Å². The van der Waals surface area contributed by atoms with Crippen LogP contribution in [0.25, 0.3) is 0 Å². The van der Waals surface area contributed by atoms with Gasteiger partial charge in [0.2, 0.25) is 0 Å². The zero-order chi connectivity index (χ0) is 18.7. The number of halogens is 2. The van der Waals surface area contributed by atoms with Gasteiger partial charge in [0, 0.05) is 10.0 Å². The number of carboxylic acids is 1. The lowest BCUT2D eigenvalue weighted by molar-refractivity contribution is -0.386. The van der Waals surface area contributed by atoms with Crippen LogP contribution in [0.5, 0.6) is 0 Å². The van der Waals surface area contributed by atoms with Gasteiger partial charge < -0.3 is 10.4 Å². The number of aromatic carboxylic acids is 1. The molecule has 1 aliphatic heterocycles. The van der Waals surface area contributed by atoms with E-state index in [0.29, 0.717) is 16.5 Å². The highest BCUT2D eigenvalue weighted by Crippen LogP contribution is 2.42. The van der Waals surface area contributed by atoms with Crippen LogP contribution in [0.2, 0.25) is 0 Å². The SMILES string of the molecule is Cl.O=C(O)c1cc(Cc2ccccc2)c(Br)c(C2CCNCC2)c1[N+](=O)[O-]. The van der Waals surface area contributed by atoms with Crippen LogP contribution in [0.3, 0.4) is 0 Å². The summed E-state index contributed by atoms with van der Waals surface area (Å²) in [5.74, 6) is -1.31. The third-order valence-corrected chi connectivity index (χ3v) is 5.68. The normalized spacial score (nSPS) is 14.4. The Hall–Kier alpha value is -1.96. The molecule has 6 nitrogen and oxygen atoms in total. The average Bonchev–Trinajstić information content (AvgIpc) is 2.64. The Balaban J connectivity index is 0.00000261. The van der Waals surface area contributed by atoms with Gasteiger partial charge in [-0.1, -0.05) is 30.3 Å². The summed E-state index contributed by atoms with van der Waals surface area (Å²) in [6.07, 6.45) is 2.00. The van der Waals surface area contributed by atoms with Crippen molar-refractivity contribution in [3.05, 3.63) is 73.2 Å². The molecule has 0 atom stereocenters. The predicted molar refractivity (Wildman–Crippen MR) is 109 cm³/mol. The molecule has 0 unspecified atom stereocenters. The zero-order valence-corrected chi connectivity index (χ0v) is 16.9. The summed E-state index contributed by atoms with van der Waals surface area (Å²) in [4.78, 5) is 22.9. The van der Waals surface area contributed by atoms with Gasteiger partial charge in [-0.05, 0) is 71.4 Å². The molecule has 0 saturated carbocycles. The molecule has 3 rings (SSSR count). The standard InChI is InChI=1S/C19H19BrN2O4.ClH/c20-17-14(10-12-4-2-1-3-5-12)11-15(19(23)24)18(22(25)26)16(17)13-6-8-21-9-7-13;/h1-5,11,13,21H,6-10H2,(H,23,24);1H. The van der Waals surface area contributed by atoms with Crippen LogP contribution in [0.4, 0.5) is 5.69 Å². The minimum atomic E-state index is -1.27. The molecule has 8 heteroatoms. The molecule has 2 aromatic rings. The van der Waals surface area contributed by atoms with E-state index >= 15 is 0 Å². The number of piperidine rings is 1. The fourth-order valence-corrected chi connectivity index (χ4v) is 4.28. The van der Waals surface area contributed by atoms with E-state index in [9.17, 15) is 20.0 Å². The molecule has 0 amide bonds. The van der Waals surface area contributed by atoms with Gasteiger partial charge in [0.15, 0.2) is 0 Å². The van der Waals surface area contributed by atoms with Gasteiger partial charge in [0.1, 0.15) is 5.56 Å². The van der Waals surface area contributed by atoms with E-state index in [-0.39, 0.29) is 29.6 Å². The minimum Gasteiger partial charge on any atom is -0.477 e. The highest BCUT2D eigenvalue weighted by atomic mass is 79.9. The van der Waals surface area contributed by atoms with E-state index in [1.54, 1.807) is 0 Å². The highest BCUT2D eigenvalue weighted by molar-refractivity contribution is 9.10. The Bertz CT molecular complexity index is 839. The molecule has 1 fully saturated rings. The zero-order valence-electron chi connectivity index (χ0n) is 14.5. The second-order valence-electron chi connectivity index (χ2n) is 6.41. The first kappa shape index (κ1) is 21.3. The maximum Gasteiger partial charge on any atom is 0.342 e. The quantitative estimate of drug-likeness (QED) is 0.510. The summed E-state index contributed by atoms with van der Waals surface area (Å²) in [6, 6.07) is 11.1. The molecule has 0 aromatic heterocycles. The summed E-state index contributed by atoms with van der Waals surface area (Å²) < 4.78 is 0.657. The van der Waals surface area contributed by atoms with Crippen LogP contribution in [0, 0.1) is 10.1 Å². The Morgan fingerprint density at radius 3 is 2.44 bits per heavy atom. The van der Waals surface area contributed by atoms with E-state index in [1.165, 1.54) is 6.07 Å². The largest absolute Gasteiger partial charge is 0.477 e. The monoisotopic (exact) mass is 454 g/mol. The second-order valence-corrected chi connectivity index (χ2v) is 7.20. The lowest BCUT2D eigenvalue weighted by Crippen LogP contribution is -2.27. The molecular weight excluding hydrogens is 436 g/mol. The van der Waals surface area contributed by atoms with Crippen LogP contribution < -0.4 is 5.32 Å². The lowest BCUT2D eigenvalue weighted by atomic mass is 9.85. The molecule has 1 saturated heterocycles. The summed E-state index contributed by atoms with van der Waals surface area (Å²) in [5, 5.41) is 24.5. The molecule has 27 heavy (non-hydrogen) atoms. The maximum absolute atomic E-state index is 11.7. The Kier molecular flexibility index (Phi) is 7.35. The second kappa shape index (κ2) is 9.30. The summed E-state index contributed by atoms with van der Waals surface area (Å²) >= 11 is 3.56. The Morgan fingerprint density at radius 2 is 1.89 bits per heavy atom. The van der Waals surface area contributed by atoms with E-state index < -0.39 is 10.9 Å². The van der Waals surface area contributed by atoms with Crippen molar-refractivity contribution in [1.82, 2.24) is 5.32 Å². The molecule has 0 aliphatic carbocycles. The number of nitrogens with zero attached hydrogens (tertiary/aromatic N) is 1. The van der Waals surface area contributed by atoms with Crippen molar-refractivity contribution >= 4 is 40.0 Å². The number of rotatable bonds is 5. The summed E-state index contributed by atoms with van der Waals surface area (Å²) in [5.41, 5.74) is 1.77. The van der Waals surface area contributed by atoms with Crippen molar-refractivity contribution in [2.45, 2.75) is 25.2 Å². The fourth-order valence-electron chi connectivity index (χ4n) is 3.52. The summed E-state index contributed by atoms with van der Waals surface area (Å²) in [6.45, 7) is 1.53. The molecule has 2 aromatic carbocycles. The van der Waals surface area contributed by atoms with Crippen molar-refractivity contribution in [3.8, 4) is 0 Å². The van der Waals surface area contributed by atoms with E-state index in [2.05, 4.69) is 21.2 Å². The molecule has 2 N–H and O–H groups in total. The van der Waals surface area contributed by atoms with Crippen molar-refractivity contribution in [2.75, 3.05) is 13.1 Å². The first-order chi connectivity index (χ1) is 12.5. The first-order valence-corrected chi connectivity index (χ1v) is 9.26. The van der Waals surface area contributed by atoms with Gasteiger partial charge in [0.25, 0.3) is 5.69 Å². The Morgan fingerprint density at radius 1 is 1.26 bits per heavy atom. The number of carbonyl (C=O) groups is 1. The molecule has 0 radical (unpaired) electrons. The molecule has 0 bridgehead atoms. The number of nitrogens with one attached hydrogen (secondary N) is 1. The number of benzene rings is 2. The van der Waals surface area contributed by atoms with Gasteiger partial charge in [-0.25, -0.2) is 4.79 Å². The highest BCUT2D eigenvalue weighted by Gasteiger charge is 2.33. The van der Waals surface area contributed by atoms with Gasteiger partial charge in [-0.2, -0.15) is 0 Å². The number of nitro groups is 1. The third-order valence-electron chi connectivity index (χ3n) is 4.74. The van der Waals surface area contributed by atoms with Gasteiger partial charge in [-0.15, -0.1) is 12.4 Å². The van der Waals surface area contributed by atoms with Crippen LogP contribution in [-0.2, 0) is 6.42 Å².